The average Bonchev–Trinajstić information content (AvgIpc) is 3.11. The highest BCUT2D eigenvalue weighted by molar-refractivity contribution is 5.92. The van der Waals surface area contributed by atoms with Crippen LogP contribution in [0, 0.1) is 11.6 Å². The number of carbonyl (C=O) groups is 1. The molecule has 1 aliphatic carbocycles. The lowest BCUT2D eigenvalue weighted by Gasteiger charge is -2.12. The molecule has 0 radical (unpaired) electrons. The first-order valence-electron chi connectivity index (χ1n) is 5.82. The molecular formula is C13H8F3NO3. The van der Waals surface area contributed by atoms with E-state index in [4.69, 9.17) is 5.11 Å². The van der Waals surface area contributed by atoms with Crippen LogP contribution in [0.4, 0.5) is 13.2 Å². The summed E-state index contributed by atoms with van der Waals surface area (Å²) >= 11 is 0. The number of aromatic carboxylic acids is 1. The largest absolute Gasteiger partial charge is 0.477 e. The van der Waals surface area contributed by atoms with Crippen LogP contribution >= 0.6 is 0 Å². The molecule has 1 heterocycles. The zero-order valence-corrected chi connectivity index (χ0v) is 9.94. The Morgan fingerprint density at radius 1 is 1.35 bits per heavy atom. The number of hydrogen-bond acceptors (Lipinski definition) is 2. The topological polar surface area (TPSA) is 59.3 Å². The van der Waals surface area contributed by atoms with Gasteiger partial charge in [0.1, 0.15) is 11.7 Å². The molecule has 0 saturated heterocycles. The lowest BCUT2D eigenvalue weighted by molar-refractivity contribution is 0.0694. The second-order valence-corrected chi connectivity index (χ2v) is 4.66. The Balaban J connectivity index is 2.45. The maximum absolute atomic E-state index is 13.9. The van der Waals surface area contributed by atoms with Crippen LogP contribution in [0.25, 0.3) is 10.9 Å². The summed E-state index contributed by atoms with van der Waals surface area (Å²) in [6.45, 7) is 0. The van der Waals surface area contributed by atoms with Gasteiger partial charge in [0.25, 0.3) is 0 Å². The summed E-state index contributed by atoms with van der Waals surface area (Å²) in [5.41, 5.74) is -1.91. The Labute approximate surface area is 110 Å². The highest BCUT2D eigenvalue weighted by Crippen LogP contribution is 2.41. The van der Waals surface area contributed by atoms with Gasteiger partial charge in [0.05, 0.1) is 11.6 Å². The Morgan fingerprint density at radius 3 is 2.55 bits per heavy atom. The summed E-state index contributed by atoms with van der Waals surface area (Å²) in [5, 5.41) is 8.69. The number of halogens is 3. The van der Waals surface area contributed by atoms with E-state index in [0.29, 0.717) is 0 Å². The molecule has 4 nitrogen and oxygen atoms in total. The third-order valence-electron chi connectivity index (χ3n) is 3.35. The zero-order chi connectivity index (χ0) is 14.6. The number of aromatic nitrogens is 1. The molecule has 0 amide bonds. The van der Waals surface area contributed by atoms with Crippen molar-refractivity contribution in [2.24, 2.45) is 0 Å². The molecule has 1 aromatic carbocycles. The highest BCUT2D eigenvalue weighted by atomic mass is 19.2. The molecule has 3 rings (SSSR count). The van der Waals surface area contributed by atoms with E-state index in [0.717, 1.165) is 22.9 Å². The van der Waals surface area contributed by atoms with Gasteiger partial charge >= 0.3 is 5.97 Å². The van der Waals surface area contributed by atoms with Crippen molar-refractivity contribution in [3.63, 3.8) is 0 Å². The number of hydrogen-bond donors (Lipinski definition) is 1. The van der Waals surface area contributed by atoms with Crippen molar-refractivity contribution < 1.29 is 23.1 Å². The lowest BCUT2D eigenvalue weighted by Crippen LogP contribution is -2.20. The number of nitrogens with zero attached hydrogens (tertiary/aromatic N) is 1. The number of alkyl halides is 1. The molecule has 0 aliphatic heterocycles. The number of carboxylic acid groups (broad SMARTS) is 1. The Hall–Kier alpha value is -2.31. The van der Waals surface area contributed by atoms with Crippen LogP contribution in [-0.4, -0.2) is 21.8 Å². The summed E-state index contributed by atoms with van der Waals surface area (Å²) in [5.74, 6) is -3.95. The molecule has 1 saturated carbocycles. The first-order valence-corrected chi connectivity index (χ1v) is 5.82. The van der Waals surface area contributed by atoms with Gasteiger partial charge in [0.2, 0.25) is 5.43 Å². The van der Waals surface area contributed by atoms with E-state index >= 15 is 0 Å². The number of pyridine rings is 1. The van der Waals surface area contributed by atoms with Gasteiger partial charge in [-0.3, -0.25) is 4.79 Å². The van der Waals surface area contributed by atoms with E-state index in [1.165, 1.54) is 0 Å². The Kier molecular flexibility index (Phi) is 2.60. The van der Waals surface area contributed by atoms with Crippen molar-refractivity contribution in [2.75, 3.05) is 0 Å². The van der Waals surface area contributed by atoms with Gasteiger partial charge in [-0.15, -0.1) is 0 Å². The molecule has 2 aromatic rings. The van der Waals surface area contributed by atoms with Crippen molar-refractivity contribution >= 4 is 16.9 Å². The molecule has 1 fully saturated rings. The van der Waals surface area contributed by atoms with E-state index in [-0.39, 0.29) is 11.8 Å². The molecule has 2 atom stereocenters. The van der Waals surface area contributed by atoms with Gasteiger partial charge in [-0.2, -0.15) is 0 Å². The van der Waals surface area contributed by atoms with Crippen molar-refractivity contribution in [3.8, 4) is 0 Å². The number of benzene rings is 1. The van der Waals surface area contributed by atoms with Crippen molar-refractivity contribution in [3.05, 3.63) is 45.8 Å². The van der Waals surface area contributed by atoms with Crippen LogP contribution in [0.3, 0.4) is 0 Å². The fourth-order valence-electron chi connectivity index (χ4n) is 2.24. The van der Waals surface area contributed by atoms with Crippen LogP contribution in [-0.2, 0) is 0 Å². The lowest BCUT2D eigenvalue weighted by atomic mass is 10.1. The van der Waals surface area contributed by atoms with Gasteiger partial charge in [-0.05, 0) is 12.1 Å². The maximum Gasteiger partial charge on any atom is 0.341 e. The molecule has 7 heteroatoms. The standard InChI is InChI=1S/C13H8F3NO3/c14-7-2-1-5-11(10(7)16)17(9-3-8(9)15)4-6(12(5)18)13(19)20/h1-2,4,8-9H,3H2,(H,19,20)/t8-,9+/m0/s1. The summed E-state index contributed by atoms with van der Waals surface area (Å²) in [6, 6.07) is 0.983. The van der Waals surface area contributed by atoms with Crippen LogP contribution < -0.4 is 5.43 Å². The van der Waals surface area contributed by atoms with E-state index in [9.17, 15) is 22.8 Å². The molecule has 1 aromatic heterocycles. The van der Waals surface area contributed by atoms with E-state index < -0.39 is 46.3 Å². The Bertz CT molecular complexity index is 800. The maximum atomic E-state index is 13.9. The minimum atomic E-state index is -1.49. The van der Waals surface area contributed by atoms with Crippen LogP contribution in [0.1, 0.15) is 22.8 Å². The molecule has 0 unspecified atom stereocenters. The first kappa shape index (κ1) is 12.7. The van der Waals surface area contributed by atoms with E-state index in [2.05, 4.69) is 0 Å². The minimum Gasteiger partial charge on any atom is -0.477 e. The van der Waals surface area contributed by atoms with Gasteiger partial charge in [0, 0.05) is 18.0 Å². The molecule has 0 spiro atoms. The fourth-order valence-corrected chi connectivity index (χ4v) is 2.24. The van der Waals surface area contributed by atoms with Gasteiger partial charge < -0.3 is 9.67 Å². The predicted octanol–water partition coefficient (Wildman–Crippen LogP) is 2.26. The summed E-state index contributed by atoms with van der Waals surface area (Å²) < 4.78 is 41.4. The highest BCUT2D eigenvalue weighted by Gasteiger charge is 2.40. The Morgan fingerprint density at radius 2 is 2.00 bits per heavy atom. The zero-order valence-electron chi connectivity index (χ0n) is 9.94. The van der Waals surface area contributed by atoms with Crippen LogP contribution in [0.2, 0.25) is 0 Å². The normalized spacial score (nSPS) is 21.1. The molecule has 1 N–H and O–H groups in total. The molecule has 1 aliphatic rings. The monoisotopic (exact) mass is 283 g/mol. The third-order valence-corrected chi connectivity index (χ3v) is 3.35. The second-order valence-electron chi connectivity index (χ2n) is 4.66. The fraction of sp³-hybridized carbons (Fsp3) is 0.231. The molecule has 0 bridgehead atoms. The van der Waals surface area contributed by atoms with Gasteiger partial charge in [-0.25, -0.2) is 18.0 Å². The van der Waals surface area contributed by atoms with Crippen molar-refractivity contribution in [1.82, 2.24) is 4.57 Å². The minimum absolute atomic E-state index is 0.0764. The van der Waals surface area contributed by atoms with Crippen LogP contribution in [0.5, 0.6) is 0 Å². The summed E-state index contributed by atoms with van der Waals surface area (Å²) in [6.07, 6.45) is -0.308. The van der Waals surface area contributed by atoms with Gasteiger partial charge in [0.15, 0.2) is 11.6 Å². The molecule has 104 valence electrons. The smallest absolute Gasteiger partial charge is 0.341 e. The second kappa shape index (κ2) is 4.09. The predicted molar refractivity (Wildman–Crippen MR) is 63.6 cm³/mol. The average molecular weight is 283 g/mol. The molecule has 20 heavy (non-hydrogen) atoms. The summed E-state index contributed by atoms with van der Waals surface area (Å²) in [4.78, 5) is 23.0. The molecular weight excluding hydrogens is 275 g/mol. The number of carboxylic acids is 1. The van der Waals surface area contributed by atoms with Crippen LogP contribution in [0.15, 0.2) is 23.1 Å². The SMILES string of the molecule is O=C(O)c1cn([C@@H]2C[C@@H]2F)c2c(F)c(F)ccc2c1=O. The van der Waals surface area contributed by atoms with Crippen molar-refractivity contribution in [1.29, 1.82) is 0 Å². The van der Waals surface area contributed by atoms with Crippen molar-refractivity contribution in [2.45, 2.75) is 18.6 Å². The quantitative estimate of drug-likeness (QED) is 0.919. The van der Waals surface area contributed by atoms with E-state index in [1.807, 2.05) is 0 Å². The van der Waals surface area contributed by atoms with Gasteiger partial charge in [-0.1, -0.05) is 0 Å². The van der Waals surface area contributed by atoms with E-state index in [1.54, 1.807) is 0 Å². The number of rotatable bonds is 2. The number of fused-ring (bicyclic) bond motifs is 1. The third kappa shape index (κ3) is 1.70. The first-order chi connectivity index (χ1) is 9.41. The summed E-state index contributed by atoms with van der Waals surface area (Å²) in [7, 11) is 0.